The Morgan fingerprint density at radius 1 is 0.694 bits per heavy atom. The zero-order chi connectivity index (χ0) is 26.0. The maximum atomic E-state index is 13.5. The second kappa shape index (κ2) is 18.2. The van der Waals surface area contributed by atoms with Gasteiger partial charge in [0.25, 0.3) is 0 Å². The van der Waals surface area contributed by atoms with Crippen molar-refractivity contribution in [2.45, 2.75) is 111 Å². The molecule has 0 saturated carbocycles. The molecule has 0 atom stereocenters. The van der Waals surface area contributed by atoms with Crippen LogP contribution in [0.5, 0.6) is 0 Å². The van der Waals surface area contributed by atoms with E-state index in [1.54, 1.807) is 11.3 Å². The lowest BCUT2D eigenvalue weighted by Crippen LogP contribution is -2.42. The summed E-state index contributed by atoms with van der Waals surface area (Å²) in [5, 5.41) is 0. The predicted molar refractivity (Wildman–Crippen MR) is 153 cm³/mol. The first-order valence-corrected chi connectivity index (χ1v) is 15.0. The molecule has 0 radical (unpaired) electrons. The first-order valence-electron chi connectivity index (χ1n) is 14.2. The average molecular weight is 513 g/mol. The lowest BCUT2D eigenvalue weighted by molar-refractivity contribution is -0.141. The molecule has 0 saturated heterocycles. The fraction of sp³-hybridized carbons (Fsp3) is 0.613. The van der Waals surface area contributed by atoms with Crippen molar-refractivity contribution < 1.29 is 9.59 Å². The number of carbonyl (C=O) groups excluding carboxylic acids is 2. The summed E-state index contributed by atoms with van der Waals surface area (Å²) in [5.74, 6) is 0.160. The van der Waals surface area contributed by atoms with E-state index in [1.165, 1.54) is 54.7 Å². The number of hydrogen-bond acceptors (Lipinski definition) is 3. The maximum absolute atomic E-state index is 13.5. The van der Waals surface area contributed by atoms with Crippen molar-refractivity contribution in [1.29, 1.82) is 0 Å². The highest BCUT2D eigenvalue weighted by Crippen LogP contribution is 2.19. The minimum absolute atomic E-state index is 0.0291. The van der Waals surface area contributed by atoms with Gasteiger partial charge in [-0.15, -0.1) is 11.3 Å². The molecule has 0 bridgehead atoms. The third kappa shape index (κ3) is 12.2. The molecule has 2 amide bonds. The van der Waals surface area contributed by atoms with Gasteiger partial charge in [-0.2, -0.15) is 0 Å². The van der Waals surface area contributed by atoms with E-state index in [1.807, 2.05) is 28.0 Å². The molecule has 1 aromatic carbocycles. The Labute approximate surface area is 224 Å². The fourth-order valence-electron chi connectivity index (χ4n) is 4.44. The lowest BCUT2D eigenvalue weighted by atomic mass is 10.1. The van der Waals surface area contributed by atoms with Gasteiger partial charge in [0.1, 0.15) is 0 Å². The second-order valence-electron chi connectivity index (χ2n) is 10.00. The zero-order valence-corrected chi connectivity index (χ0v) is 23.8. The van der Waals surface area contributed by atoms with Crippen LogP contribution in [0.3, 0.4) is 0 Å². The molecule has 0 fully saturated rings. The van der Waals surface area contributed by atoms with Crippen LogP contribution in [0.1, 0.15) is 106 Å². The monoisotopic (exact) mass is 512 g/mol. The highest BCUT2D eigenvalue weighted by atomic mass is 32.1. The summed E-state index contributed by atoms with van der Waals surface area (Å²) in [6.07, 6.45) is 13.6. The largest absolute Gasteiger partial charge is 0.333 e. The smallest absolute Gasteiger partial charge is 0.242 e. The number of hydrogen-bond donors (Lipinski definition) is 0. The minimum Gasteiger partial charge on any atom is -0.333 e. The number of carbonyl (C=O) groups is 2. The van der Waals surface area contributed by atoms with Crippen LogP contribution in [-0.4, -0.2) is 34.7 Å². The van der Waals surface area contributed by atoms with Crippen molar-refractivity contribution in [2.75, 3.05) is 13.1 Å². The van der Waals surface area contributed by atoms with Gasteiger partial charge in [0.05, 0.1) is 13.1 Å². The van der Waals surface area contributed by atoms with Crippen molar-refractivity contribution in [3.8, 4) is 0 Å². The van der Waals surface area contributed by atoms with Crippen LogP contribution < -0.4 is 0 Å². The summed E-state index contributed by atoms with van der Waals surface area (Å²) in [6, 6.07) is 14.3. The summed E-state index contributed by atoms with van der Waals surface area (Å²) >= 11 is 1.73. The molecule has 1 aromatic heterocycles. The van der Waals surface area contributed by atoms with Gasteiger partial charge < -0.3 is 9.80 Å². The molecule has 2 aromatic rings. The van der Waals surface area contributed by atoms with Crippen LogP contribution in [-0.2, 0) is 22.7 Å². The summed E-state index contributed by atoms with van der Waals surface area (Å²) in [7, 11) is 0. The molecule has 4 nitrogen and oxygen atoms in total. The average Bonchev–Trinajstić information content (AvgIpc) is 3.29. The van der Waals surface area contributed by atoms with E-state index in [9.17, 15) is 9.59 Å². The Balaban J connectivity index is 1.90. The normalized spacial score (nSPS) is 11.0. The van der Waals surface area contributed by atoms with E-state index < -0.39 is 0 Å². The first kappa shape index (κ1) is 30.1. The number of unbranched alkanes of at least 4 members (excludes halogenated alkanes) is 9. The highest BCUT2D eigenvalue weighted by molar-refractivity contribution is 7.11. The van der Waals surface area contributed by atoms with Gasteiger partial charge in [0.15, 0.2) is 0 Å². The zero-order valence-electron chi connectivity index (χ0n) is 23.0. The summed E-state index contributed by atoms with van der Waals surface area (Å²) < 4.78 is 0. The number of benzene rings is 1. The van der Waals surface area contributed by atoms with Gasteiger partial charge in [0.2, 0.25) is 11.8 Å². The van der Waals surface area contributed by atoms with Gasteiger partial charge in [0, 0.05) is 29.3 Å². The molecule has 0 N–H and O–H groups in total. The van der Waals surface area contributed by atoms with Crippen LogP contribution in [0.15, 0.2) is 42.5 Å². The molecular weight excluding hydrogens is 464 g/mol. The number of aryl methyl sites for hydroxylation is 1. The summed E-state index contributed by atoms with van der Waals surface area (Å²) in [5.41, 5.74) is 1.11. The van der Waals surface area contributed by atoms with Gasteiger partial charge >= 0.3 is 0 Å². The lowest BCUT2D eigenvalue weighted by Gasteiger charge is -2.28. The van der Waals surface area contributed by atoms with E-state index in [2.05, 4.69) is 45.0 Å². The Kier molecular flexibility index (Phi) is 15.2. The number of nitrogens with zero attached hydrogens (tertiary/aromatic N) is 2. The minimum atomic E-state index is 0.0291. The van der Waals surface area contributed by atoms with Gasteiger partial charge in [-0.05, 0) is 37.5 Å². The molecule has 0 unspecified atom stereocenters. The van der Waals surface area contributed by atoms with E-state index in [0.717, 1.165) is 31.2 Å². The Morgan fingerprint density at radius 2 is 1.33 bits per heavy atom. The Morgan fingerprint density at radius 3 is 1.94 bits per heavy atom. The third-order valence-electron chi connectivity index (χ3n) is 6.67. The SMILES string of the molecule is CCCCCCCCCCCC(=O)N(CCCC)CC(=O)N(Cc1ccccc1)Cc1ccc(C)s1. The van der Waals surface area contributed by atoms with Crippen molar-refractivity contribution >= 4 is 23.2 Å². The van der Waals surface area contributed by atoms with Crippen molar-refractivity contribution in [3.05, 3.63) is 57.8 Å². The highest BCUT2D eigenvalue weighted by Gasteiger charge is 2.22. The predicted octanol–water partition coefficient (Wildman–Crippen LogP) is 8.13. The molecule has 0 aliphatic rings. The second-order valence-corrected chi connectivity index (χ2v) is 11.4. The van der Waals surface area contributed by atoms with Crippen LogP contribution in [0.25, 0.3) is 0 Å². The molecular formula is C31H48N2O2S. The van der Waals surface area contributed by atoms with Crippen LogP contribution in [0.2, 0.25) is 0 Å². The van der Waals surface area contributed by atoms with Gasteiger partial charge in [-0.3, -0.25) is 9.59 Å². The summed E-state index contributed by atoms with van der Waals surface area (Å²) in [6.45, 7) is 8.45. The third-order valence-corrected chi connectivity index (χ3v) is 7.65. The molecule has 0 aliphatic carbocycles. The summed E-state index contributed by atoms with van der Waals surface area (Å²) in [4.78, 5) is 32.7. The maximum Gasteiger partial charge on any atom is 0.242 e. The van der Waals surface area contributed by atoms with Crippen molar-refractivity contribution in [3.63, 3.8) is 0 Å². The molecule has 0 spiro atoms. The van der Waals surface area contributed by atoms with Crippen molar-refractivity contribution in [1.82, 2.24) is 9.80 Å². The van der Waals surface area contributed by atoms with E-state index in [-0.39, 0.29) is 18.4 Å². The Bertz CT molecular complexity index is 864. The number of thiophene rings is 1. The van der Waals surface area contributed by atoms with Crippen LogP contribution >= 0.6 is 11.3 Å². The van der Waals surface area contributed by atoms with E-state index in [0.29, 0.717) is 26.1 Å². The van der Waals surface area contributed by atoms with Gasteiger partial charge in [-0.25, -0.2) is 0 Å². The van der Waals surface area contributed by atoms with Crippen LogP contribution in [0.4, 0.5) is 0 Å². The molecule has 0 aliphatic heterocycles. The van der Waals surface area contributed by atoms with E-state index in [4.69, 9.17) is 0 Å². The van der Waals surface area contributed by atoms with Crippen LogP contribution in [0, 0.1) is 6.92 Å². The Hall–Kier alpha value is -2.14. The molecule has 36 heavy (non-hydrogen) atoms. The molecule has 2 rings (SSSR count). The quantitative estimate of drug-likeness (QED) is 0.178. The fourth-order valence-corrected chi connectivity index (χ4v) is 5.35. The first-order chi connectivity index (χ1) is 17.5. The van der Waals surface area contributed by atoms with Crippen molar-refractivity contribution in [2.24, 2.45) is 0 Å². The molecule has 5 heteroatoms. The number of rotatable bonds is 19. The van der Waals surface area contributed by atoms with Gasteiger partial charge in [-0.1, -0.05) is 102 Å². The standard InChI is InChI=1S/C31H48N2O2S/c1-4-6-8-9-10-11-12-13-17-20-30(34)32(23-7-5-2)26-31(35)33(24-28-18-15-14-16-19-28)25-29-22-21-27(3)36-29/h14-16,18-19,21-22H,4-13,17,20,23-26H2,1-3H3. The molecule has 200 valence electrons. The molecule has 1 heterocycles. The number of amides is 2. The van der Waals surface area contributed by atoms with E-state index >= 15 is 0 Å². The topological polar surface area (TPSA) is 40.6 Å².